The fraction of sp³-hybridized carbons (Fsp3) is 0.267. The summed E-state index contributed by atoms with van der Waals surface area (Å²) in [6.45, 7) is 3.84. The van der Waals surface area contributed by atoms with Gasteiger partial charge in [0.25, 0.3) is 5.91 Å². The number of carbonyl (C=O) groups excluding carboxylic acids is 1. The number of carboxylic acid groups (broad SMARTS) is 1. The molecule has 1 heterocycles. The third kappa shape index (κ3) is 3.25. The Labute approximate surface area is 126 Å². The number of amides is 1. The van der Waals surface area contributed by atoms with E-state index < -0.39 is 11.9 Å². The molecule has 0 atom stereocenters. The molecule has 2 rings (SSSR count). The molecule has 2 N–H and O–H groups in total. The Hall–Kier alpha value is -2.83. The van der Waals surface area contributed by atoms with Gasteiger partial charge in [-0.3, -0.25) is 4.79 Å². The first-order chi connectivity index (χ1) is 10.4. The Bertz CT molecular complexity index is 706. The maximum Gasteiger partial charge on any atom is 0.337 e. The van der Waals surface area contributed by atoms with Crippen molar-refractivity contribution in [1.82, 2.24) is 5.16 Å². The molecule has 0 bridgehead atoms. The lowest BCUT2D eigenvalue weighted by molar-refractivity contribution is 0.0697. The SMILES string of the molecule is COc1ccc(NC(=O)c2cc(C(C)C)no2)c(C(=O)O)c1. The number of ether oxygens (including phenoxy) is 1. The van der Waals surface area contributed by atoms with Crippen molar-refractivity contribution in [2.75, 3.05) is 12.4 Å². The summed E-state index contributed by atoms with van der Waals surface area (Å²) in [6.07, 6.45) is 0. The molecule has 0 unspecified atom stereocenters. The van der Waals surface area contributed by atoms with Crippen molar-refractivity contribution in [3.05, 3.63) is 41.3 Å². The van der Waals surface area contributed by atoms with Gasteiger partial charge in [-0.05, 0) is 24.1 Å². The van der Waals surface area contributed by atoms with Crippen LogP contribution in [0.1, 0.15) is 46.4 Å². The Balaban J connectivity index is 2.25. The lowest BCUT2D eigenvalue weighted by atomic mass is 10.1. The van der Waals surface area contributed by atoms with Gasteiger partial charge < -0.3 is 19.7 Å². The van der Waals surface area contributed by atoms with Crippen molar-refractivity contribution in [3.63, 3.8) is 0 Å². The monoisotopic (exact) mass is 304 g/mol. The second kappa shape index (κ2) is 6.30. The molecule has 0 radical (unpaired) electrons. The van der Waals surface area contributed by atoms with Gasteiger partial charge in [-0.2, -0.15) is 0 Å². The zero-order valence-electron chi connectivity index (χ0n) is 12.4. The topological polar surface area (TPSA) is 102 Å². The minimum absolute atomic E-state index is 0.0239. The van der Waals surface area contributed by atoms with Gasteiger partial charge in [0.05, 0.1) is 24.1 Å². The summed E-state index contributed by atoms with van der Waals surface area (Å²) in [7, 11) is 1.43. The van der Waals surface area contributed by atoms with Crippen LogP contribution in [0.15, 0.2) is 28.8 Å². The molecular formula is C15H16N2O5. The van der Waals surface area contributed by atoms with Crippen molar-refractivity contribution < 1.29 is 24.0 Å². The summed E-state index contributed by atoms with van der Waals surface area (Å²) in [5.41, 5.74) is 0.732. The van der Waals surface area contributed by atoms with Crippen molar-refractivity contribution in [2.45, 2.75) is 19.8 Å². The van der Waals surface area contributed by atoms with Crippen molar-refractivity contribution in [1.29, 1.82) is 0 Å². The number of rotatable bonds is 5. The molecule has 1 aromatic carbocycles. The van der Waals surface area contributed by atoms with Crippen LogP contribution in [0.2, 0.25) is 0 Å². The van der Waals surface area contributed by atoms with E-state index in [1.165, 1.54) is 25.3 Å². The van der Waals surface area contributed by atoms with Crippen LogP contribution in [0.25, 0.3) is 0 Å². The fourth-order valence-corrected chi connectivity index (χ4v) is 1.79. The molecule has 1 amide bonds. The lowest BCUT2D eigenvalue weighted by Gasteiger charge is -2.08. The second-order valence-corrected chi connectivity index (χ2v) is 4.94. The Morgan fingerprint density at radius 3 is 2.59 bits per heavy atom. The quantitative estimate of drug-likeness (QED) is 0.880. The molecule has 0 spiro atoms. The number of anilines is 1. The first-order valence-corrected chi connectivity index (χ1v) is 6.61. The number of methoxy groups -OCH3 is 1. The zero-order chi connectivity index (χ0) is 16.3. The smallest absolute Gasteiger partial charge is 0.337 e. The summed E-state index contributed by atoms with van der Waals surface area (Å²) >= 11 is 0. The molecule has 0 fully saturated rings. The fourth-order valence-electron chi connectivity index (χ4n) is 1.79. The van der Waals surface area contributed by atoms with Crippen LogP contribution in [-0.4, -0.2) is 29.2 Å². The summed E-state index contributed by atoms with van der Waals surface area (Å²) in [5.74, 6) is -1.20. The number of carboxylic acids is 1. The molecular weight excluding hydrogens is 288 g/mol. The second-order valence-electron chi connectivity index (χ2n) is 4.94. The van der Waals surface area contributed by atoms with Gasteiger partial charge in [0.1, 0.15) is 5.75 Å². The predicted octanol–water partition coefficient (Wildman–Crippen LogP) is 2.76. The highest BCUT2D eigenvalue weighted by atomic mass is 16.5. The molecule has 2 aromatic rings. The van der Waals surface area contributed by atoms with Gasteiger partial charge in [0.2, 0.25) is 5.76 Å². The maximum atomic E-state index is 12.1. The van der Waals surface area contributed by atoms with Crippen molar-refractivity contribution >= 4 is 17.6 Å². The minimum atomic E-state index is -1.17. The number of aromatic carboxylic acids is 1. The van der Waals surface area contributed by atoms with Gasteiger partial charge in [0.15, 0.2) is 0 Å². The molecule has 0 aliphatic rings. The Kier molecular flexibility index (Phi) is 4.45. The van der Waals surface area contributed by atoms with Crippen molar-refractivity contribution in [2.24, 2.45) is 0 Å². The number of aromatic nitrogens is 1. The number of nitrogens with one attached hydrogen (secondary N) is 1. The lowest BCUT2D eigenvalue weighted by Crippen LogP contribution is -2.14. The van der Waals surface area contributed by atoms with Crippen molar-refractivity contribution in [3.8, 4) is 5.75 Å². The molecule has 1 aromatic heterocycles. The normalized spacial score (nSPS) is 10.5. The Morgan fingerprint density at radius 1 is 1.32 bits per heavy atom. The van der Waals surface area contributed by atoms with Crippen LogP contribution in [-0.2, 0) is 0 Å². The Morgan fingerprint density at radius 2 is 2.05 bits per heavy atom. The number of carbonyl (C=O) groups is 2. The van der Waals surface area contributed by atoms with E-state index in [4.69, 9.17) is 9.26 Å². The number of hydrogen-bond acceptors (Lipinski definition) is 5. The van der Waals surface area contributed by atoms with E-state index in [-0.39, 0.29) is 22.9 Å². The first kappa shape index (κ1) is 15.6. The number of hydrogen-bond donors (Lipinski definition) is 2. The van der Waals surface area contributed by atoms with E-state index in [9.17, 15) is 14.7 Å². The molecule has 116 valence electrons. The zero-order valence-corrected chi connectivity index (χ0v) is 12.4. The average molecular weight is 304 g/mol. The van der Waals surface area contributed by atoms with E-state index in [1.54, 1.807) is 6.07 Å². The van der Waals surface area contributed by atoms with E-state index in [0.29, 0.717) is 11.4 Å². The van der Waals surface area contributed by atoms with Crippen LogP contribution >= 0.6 is 0 Å². The summed E-state index contributed by atoms with van der Waals surface area (Å²) in [6, 6.07) is 5.88. The first-order valence-electron chi connectivity index (χ1n) is 6.61. The number of nitrogens with zero attached hydrogens (tertiary/aromatic N) is 1. The number of benzene rings is 1. The van der Waals surface area contributed by atoms with Gasteiger partial charge in [-0.25, -0.2) is 4.79 Å². The standard InChI is InChI=1S/C15H16N2O5/c1-8(2)12-7-13(22-17-12)14(18)16-11-5-4-9(21-3)6-10(11)15(19)20/h4-8H,1-3H3,(H,16,18)(H,19,20). The highest BCUT2D eigenvalue weighted by Gasteiger charge is 2.18. The van der Waals surface area contributed by atoms with Crippen LogP contribution < -0.4 is 10.1 Å². The van der Waals surface area contributed by atoms with Crippen LogP contribution in [0, 0.1) is 0 Å². The molecule has 7 heteroatoms. The van der Waals surface area contributed by atoms with E-state index in [2.05, 4.69) is 10.5 Å². The maximum absolute atomic E-state index is 12.1. The molecule has 0 aliphatic carbocycles. The summed E-state index contributed by atoms with van der Waals surface area (Å²) in [5, 5.41) is 15.5. The highest BCUT2D eigenvalue weighted by Crippen LogP contribution is 2.23. The third-order valence-electron chi connectivity index (χ3n) is 3.05. The van der Waals surface area contributed by atoms with Gasteiger partial charge in [-0.15, -0.1) is 0 Å². The average Bonchev–Trinajstić information content (AvgIpc) is 2.97. The van der Waals surface area contributed by atoms with Crippen LogP contribution in [0.4, 0.5) is 5.69 Å². The van der Waals surface area contributed by atoms with Crippen LogP contribution in [0.3, 0.4) is 0 Å². The predicted molar refractivity (Wildman–Crippen MR) is 78.5 cm³/mol. The molecule has 0 saturated carbocycles. The van der Waals surface area contributed by atoms with E-state index in [0.717, 1.165) is 0 Å². The summed E-state index contributed by atoms with van der Waals surface area (Å²) < 4.78 is 9.95. The van der Waals surface area contributed by atoms with E-state index >= 15 is 0 Å². The summed E-state index contributed by atoms with van der Waals surface area (Å²) in [4.78, 5) is 23.4. The third-order valence-corrected chi connectivity index (χ3v) is 3.05. The van der Waals surface area contributed by atoms with Gasteiger partial charge in [-0.1, -0.05) is 19.0 Å². The van der Waals surface area contributed by atoms with E-state index in [1.807, 2.05) is 13.8 Å². The highest BCUT2D eigenvalue weighted by molar-refractivity contribution is 6.06. The van der Waals surface area contributed by atoms with Crippen LogP contribution in [0.5, 0.6) is 5.75 Å². The minimum Gasteiger partial charge on any atom is -0.497 e. The molecule has 7 nitrogen and oxygen atoms in total. The largest absolute Gasteiger partial charge is 0.497 e. The molecule has 22 heavy (non-hydrogen) atoms. The molecule has 0 saturated heterocycles. The van der Waals surface area contributed by atoms with Gasteiger partial charge >= 0.3 is 5.97 Å². The molecule has 0 aliphatic heterocycles. The van der Waals surface area contributed by atoms with Gasteiger partial charge in [0, 0.05) is 6.07 Å².